The van der Waals surface area contributed by atoms with E-state index in [0.29, 0.717) is 25.3 Å². The number of ether oxygens (including phenoxy) is 1. The summed E-state index contributed by atoms with van der Waals surface area (Å²) in [6.45, 7) is 2.64. The Morgan fingerprint density at radius 2 is 2.47 bits per heavy atom. The van der Waals surface area contributed by atoms with Crippen molar-refractivity contribution in [2.24, 2.45) is 5.73 Å². The highest BCUT2D eigenvalue weighted by molar-refractivity contribution is 5.91. The number of amides is 1. The van der Waals surface area contributed by atoms with Gasteiger partial charge in [-0.05, 0) is 19.3 Å². The van der Waals surface area contributed by atoms with Crippen molar-refractivity contribution in [1.29, 1.82) is 0 Å². The Balaban J connectivity index is 1.89. The van der Waals surface area contributed by atoms with Gasteiger partial charge in [0.1, 0.15) is 5.69 Å². The second-order valence-corrected chi connectivity index (χ2v) is 4.96. The molecule has 6 heteroatoms. The molecular formula is C13H22N4O2. The largest absolute Gasteiger partial charge is 0.376 e. The number of hydrogen-bond acceptors (Lipinski definition) is 4. The minimum atomic E-state index is -0.0649. The van der Waals surface area contributed by atoms with Crippen LogP contribution in [0.2, 0.25) is 0 Å². The minimum absolute atomic E-state index is 0.0649. The molecular weight excluding hydrogens is 244 g/mol. The number of carbonyl (C=O) groups is 1. The van der Waals surface area contributed by atoms with Gasteiger partial charge in [-0.2, -0.15) is 0 Å². The Labute approximate surface area is 113 Å². The molecule has 0 radical (unpaired) electrons. The number of nitrogens with zero attached hydrogens (tertiary/aromatic N) is 3. The molecule has 1 saturated heterocycles. The van der Waals surface area contributed by atoms with Gasteiger partial charge < -0.3 is 19.9 Å². The van der Waals surface area contributed by atoms with Gasteiger partial charge in [0.2, 0.25) is 0 Å². The number of aromatic nitrogens is 2. The first-order chi connectivity index (χ1) is 9.20. The van der Waals surface area contributed by atoms with E-state index in [1.807, 2.05) is 4.57 Å². The highest BCUT2D eigenvalue weighted by Crippen LogP contribution is 2.14. The molecule has 19 heavy (non-hydrogen) atoms. The van der Waals surface area contributed by atoms with Crippen molar-refractivity contribution in [2.75, 3.05) is 26.7 Å². The van der Waals surface area contributed by atoms with E-state index >= 15 is 0 Å². The Kier molecular flexibility index (Phi) is 4.93. The molecule has 1 amide bonds. The number of likely N-dealkylation sites (N-methyl/N-ethyl adjacent to an activating group) is 1. The summed E-state index contributed by atoms with van der Waals surface area (Å²) >= 11 is 0. The second-order valence-electron chi connectivity index (χ2n) is 4.96. The molecule has 1 fully saturated rings. The fraction of sp³-hybridized carbons (Fsp3) is 0.692. The van der Waals surface area contributed by atoms with E-state index in [1.165, 1.54) is 6.42 Å². The summed E-state index contributed by atoms with van der Waals surface area (Å²) in [5.74, 6) is -0.0649. The third kappa shape index (κ3) is 3.78. The van der Waals surface area contributed by atoms with E-state index in [4.69, 9.17) is 10.5 Å². The third-order valence-electron chi connectivity index (χ3n) is 3.34. The van der Waals surface area contributed by atoms with Gasteiger partial charge in [-0.3, -0.25) is 4.79 Å². The zero-order valence-corrected chi connectivity index (χ0v) is 11.4. The first-order valence-electron chi connectivity index (χ1n) is 6.79. The highest BCUT2D eigenvalue weighted by atomic mass is 16.5. The summed E-state index contributed by atoms with van der Waals surface area (Å²) in [5.41, 5.74) is 5.93. The van der Waals surface area contributed by atoms with Crippen molar-refractivity contribution in [3.63, 3.8) is 0 Å². The number of imidazole rings is 1. The molecule has 1 atom stereocenters. The summed E-state index contributed by atoms with van der Waals surface area (Å²) in [6.07, 6.45) is 6.88. The van der Waals surface area contributed by atoms with E-state index in [9.17, 15) is 4.79 Å². The van der Waals surface area contributed by atoms with Crippen molar-refractivity contribution in [1.82, 2.24) is 14.5 Å². The van der Waals surface area contributed by atoms with Gasteiger partial charge in [-0.1, -0.05) is 0 Å². The van der Waals surface area contributed by atoms with Gasteiger partial charge in [0.25, 0.3) is 5.91 Å². The number of carbonyl (C=O) groups excluding carboxylic acids is 1. The van der Waals surface area contributed by atoms with E-state index < -0.39 is 0 Å². The Hall–Kier alpha value is -1.40. The molecule has 2 rings (SSSR count). The SMILES string of the molecule is CN(CC1CCCCO1)C(=O)c1cn(CCN)cn1. The quantitative estimate of drug-likeness (QED) is 0.841. The average molecular weight is 266 g/mol. The first-order valence-corrected chi connectivity index (χ1v) is 6.79. The molecule has 0 spiro atoms. The summed E-state index contributed by atoms with van der Waals surface area (Å²) in [5, 5.41) is 0. The van der Waals surface area contributed by atoms with Crippen LogP contribution in [0.5, 0.6) is 0 Å². The lowest BCUT2D eigenvalue weighted by atomic mass is 10.1. The van der Waals surface area contributed by atoms with Crippen molar-refractivity contribution in [2.45, 2.75) is 31.9 Å². The Morgan fingerprint density at radius 3 is 3.16 bits per heavy atom. The van der Waals surface area contributed by atoms with Crippen LogP contribution in [0.15, 0.2) is 12.5 Å². The van der Waals surface area contributed by atoms with Gasteiger partial charge in [-0.15, -0.1) is 0 Å². The first kappa shape index (κ1) is 14.0. The standard InChI is InChI=1S/C13H22N4O2/c1-16(8-11-4-2-3-7-19-11)13(18)12-9-17(6-5-14)10-15-12/h9-11H,2-8,14H2,1H3. The van der Waals surface area contributed by atoms with E-state index in [-0.39, 0.29) is 12.0 Å². The molecule has 2 heterocycles. The average Bonchev–Trinajstić information content (AvgIpc) is 2.88. The third-order valence-corrected chi connectivity index (χ3v) is 3.34. The highest BCUT2D eigenvalue weighted by Gasteiger charge is 2.20. The monoisotopic (exact) mass is 266 g/mol. The van der Waals surface area contributed by atoms with Crippen LogP contribution in [0.25, 0.3) is 0 Å². The van der Waals surface area contributed by atoms with Gasteiger partial charge >= 0.3 is 0 Å². The fourth-order valence-electron chi connectivity index (χ4n) is 2.28. The molecule has 1 unspecified atom stereocenters. The Morgan fingerprint density at radius 1 is 1.63 bits per heavy atom. The maximum Gasteiger partial charge on any atom is 0.273 e. The second kappa shape index (κ2) is 6.68. The van der Waals surface area contributed by atoms with Gasteiger partial charge in [0.15, 0.2) is 0 Å². The van der Waals surface area contributed by atoms with E-state index in [1.54, 1.807) is 24.5 Å². The molecule has 1 aliphatic rings. The lowest BCUT2D eigenvalue weighted by molar-refractivity contribution is -0.000282. The van der Waals surface area contributed by atoms with Crippen LogP contribution >= 0.6 is 0 Å². The van der Waals surface area contributed by atoms with Crippen LogP contribution in [-0.4, -0.2) is 53.2 Å². The van der Waals surface area contributed by atoms with Crippen molar-refractivity contribution >= 4 is 5.91 Å². The number of rotatable bonds is 5. The summed E-state index contributed by atoms with van der Waals surface area (Å²) in [7, 11) is 1.79. The number of nitrogens with two attached hydrogens (primary N) is 1. The van der Waals surface area contributed by atoms with Crippen molar-refractivity contribution < 1.29 is 9.53 Å². The molecule has 1 aromatic rings. The molecule has 0 saturated carbocycles. The molecule has 2 N–H and O–H groups in total. The van der Waals surface area contributed by atoms with Crippen LogP contribution in [0.4, 0.5) is 0 Å². The normalized spacial score (nSPS) is 19.4. The number of hydrogen-bond donors (Lipinski definition) is 1. The van der Waals surface area contributed by atoms with Crippen LogP contribution in [0.1, 0.15) is 29.8 Å². The topological polar surface area (TPSA) is 73.4 Å². The fourth-order valence-corrected chi connectivity index (χ4v) is 2.28. The van der Waals surface area contributed by atoms with Crippen LogP contribution < -0.4 is 5.73 Å². The smallest absolute Gasteiger partial charge is 0.273 e. The summed E-state index contributed by atoms with van der Waals surface area (Å²) in [4.78, 5) is 18.0. The van der Waals surface area contributed by atoms with E-state index in [2.05, 4.69) is 4.98 Å². The maximum absolute atomic E-state index is 12.2. The molecule has 0 aromatic carbocycles. The summed E-state index contributed by atoms with van der Waals surface area (Å²) in [6, 6.07) is 0. The summed E-state index contributed by atoms with van der Waals surface area (Å²) < 4.78 is 7.47. The van der Waals surface area contributed by atoms with Gasteiger partial charge in [0.05, 0.1) is 12.4 Å². The van der Waals surface area contributed by atoms with Crippen LogP contribution in [0, 0.1) is 0 Å². The molecule has 106 valence electrons. The van der Waals surface area contributed by atoms with Crippen molar-refractivity contribution in [3.8, 4) is 0 Å². The molecule has 0 bridgehead atoms. The predicted octanol–water partition coefficient (Wildman–Crippen LogP) is 0.483. The zero-order chi connectivity index (χ0) is 13.7. The van der Waals surface area contributed by atoms with Gasteiger partial charge in [0, 0.05) is 39.5 Å². The van der Waals surface area contributed by atoms with Crippen molar-refractivity contribution in [3.05, 3.63) is 18.2 Å². The molecule has 1 aliphatic heterocycles. The molecule has 6 nitrogen and oxygen atoms in total. The lowest BCUT2D eigenvalue weighted by Crippen LogP contribution is -2.37. The predicted molar refractivity (Wildman–Crippen MR) is 71.8 cm³/mol. The maximum atomic E-state index is 12.2. The molecule has 1 aromatic heterocycles. The van der Waals surface area contributed by atoms with Crippen LogP contribution in [0.3, 0.4) is 0 Å². The molecule has 0 aliphatic carbocycles. The minimum Gasteiger partial charge on any atom is -0.376 e. The lowest BCUT2D eigenvalue weighted by Gasteiger charge is -2.27. The van der Waals surface area contributed by atoms with E-state index in [0.717, 1.165) is 19.4 Å². The Bertz CT molecular complexity index is 413. The zero-order valence-electron chi connectivity index (χ0n) is 11.4. The van der Waals surface area contributed by atoms with Crippen LogP contribution in [-0.2, 0) is 11.3 Å². The van der Waals surface area contributed by atoms with Gasteiger partial charge in [-0.25, -0.2) is 4.98 Å².